The van der Waals surface area contributed by atoms with E-state index in [2.05, 4.69) is 33.0 Å². The molecule has 0 aliphatic carbocycles. The number of anilines is 1. The van der Waals surface area contributed by atoms with Crippen molar-refractivity contribution in [1.82, 2.24) is 4.31 Å². The molecule has 1 heterocycles. The molecule has 3 rings (SSSR count). The minimum Gasteiger partial charge on any atom is -0.497 e. The number of carbonyl (C=O) groups excluding carboxylic acids is 1. The van der Waals surface area contributed by atoms with Gasteiger partial charge in [0.2, 0.25) is 15.9 Å². The van der Waals surface area contributed by atoms with Crippen LogP contribution < -0.4 is 10.1 Å². The number of hydrogen-bond acceptors (Lipinski definition) is 5. The zero-order valence-electron chi connectivity index (χ0n) is 20.2. The average molecular weight is 485 g/mol. The maximum Gasteiger partial charge on any atom is 0.243 e. The smallest absolute Gasteiger partial charge is 0.243 e. The fraction of sp³-hybridized carbons (Fsp3) is 0.346. The van der Waals surface area contributed by atoms with Gasteiger partial charge in [-0.05, 0) is 59.4 Å². The Balaban J connectivity index is 1.92. The fourth-order valence-corrected chi connectivity index (χ4v) is 5.10. The lowest BCUT2D eigenvalue weighted by Crippen LogP contribution is -2.37. The third-order valence-corrected chi connectivity index (χ3v) is 7.37. The van der Waals surface area contributed by atoms with Crippen LogP contribution in [0.5, 0.6) is 5.75 Å². The summed E-state index contributed by atoms with van der Waals surface area (Å²) in [7, 11) is -2.47. The summed E-state index contributed by atoms with van der Waals surface area (Å²) in [6.07, 6.45) is 1.47. The molecule has 1 aromatic heterocycles. The first-order valence-corrected chi connectivity index (χ1v) is 12.7. The van der Waals surface area contributed by atoms with E-state index in [1.807, 2.05) is 18.2 Å². The molecule has 0 fully saturated rings. The highest BCUT2D eigenvalue weighted by molar-refractivity contribution is 7.89. The van der Waals surface area contributed by atoms with Gasteiger partial charge in [-0.2, -0.15) is 4.31 Å². The van der Waals surface area contributed by atoms with Gasteiger partial charge in [0.25, 0.3) is 0 Å². The Morgan fingerprint density at radius 1 is 0.971 bits per heavy atom. The molecule has 0 aliphatic rings. The zero-order valence-corrected chi connectivity index (χ0v) is 21.1. The van der Waals surface area contributed by atoms with E-state index in [0.29, 0.717) is 11.5 Å². The molecule has 0 atom stereocenters. The molecule has 0 saturated carbocycles. The van der Waals surface area contributed by atoms with Gasteiger partial charge in [-0.1, -0.05) is 45.9 Å². The number of ether oxygens (including phenoxy) is 1. The Kier molecular flexibility index (Phi) is 8.17. The molecule has 7 nitrogen and oxygen atoms in total. The van der Waals surface area contributed by atoms with Gasteiger partial charge < -0.3 is 14.5 Å². The van der Waals surface area contributed by atoms with Crippen LogP contribution in [0.25, 0.3) is 0 Å². The van der Waals surface area contributed by atoms with E-state index in [-0.39, 0.29) is 29.8 Å². The lowest BCUT2D eigenvalue weighted by Gasteiger charge is -2.23. The number of para-hydroxylation sites is 1. The Morgan fingerprint density at radius 3 is 2.09 bits per heavy atom. The predicted molar refractivity (Wildman–Crippen MR) is 133 cm³/mol. The Hall–Kier alpha value is -3.10. The first kappa shape index (κ1) is 25.5. The van der Waals surface area contributed by atoms with E-state index >= 15 is 0 Å². The van der Waals surface area contributed by atoms with Gasteiger partial charge in [0.1, 0.15) is 11.5 Å². The second-order valence-corrected chi connectivity index (χ2v) is 10.6. The van der Waals surface area contributed by atoms with Crippen LogP contribution in [0.15, 0.2) is 70.2 Å². The molecule has 0 aliphatic heterocycles. The van der Waals surface area contributed by atoms with Crippen LogP contribution in [-0.2, 0) is 21.4 Å². The summed E-state index contributed by atoms with van der Waals surface area (Å²) in [6, 6.07) is 15.4. The van der Waals surface area contributed by atoms with Crippen molar-refractivity contribution >= 4 is 21.6 Å². The number of methoxy groups -OCH3 is 1. The molecule has 182 valence electrons. The van der Waals surface area contributed by atoms with E-state index in [1.54, 1.807) is 24.3 Å². The van der Waals surface area contributed by atoms with Crippen molar-refractivity contribution in [1.29, 1.82) is 0 Å². The third-order valence-electron chi connectivity index (χ3n) is 5.57. The van der Waals surface area contributed by atoms with Gasteiger partial charge in [-0.3, -0.25) is 4.79 Å². The van der Waals surface area contributed by atoms with Gasteiger partial charge in [0.05, 0.1) is 31.4 Å². The lowest BCUT2D eigenvalue weighted by atomic mass is 9.92. The summed E-state index contributed by atoms with van der Waals surface area (Å²) in [5.41, 5.74) is 2.77. The molecule has 2 aromatic carbocycles. The number of amides is 1. The Morgan fingerprint density at radius 2 is 1.59 bits per heavy atom. The average Bonchev–Trinajstić information content (AvgIpc) is 3.31. The number of benzene rings is 2. The molecule has 1 N–H and O–H groups in total. The van der Waals surface area contributed by atoms with Crippen molar-refractivity contribution in [2.75, 3.05) is 19.0 Å². The second-order valence-electron chi connectivity index (χ2n) is 8.70. The molecule has 0 bridgehead atoms. The van der Waals surface area contributed by atoms with E-state index in [0.717, 1.165) is 21.1 Å². The molecular formula is C26H32N2O5S. The van der Waals surface area contributed by atoms with Crippen molar-refractivity contribution in [2.24, 2.45) is 0 Å². The number of nitrogens with zero attached hydrogens (tertiary/aromatic N) is 1. The quantitative estimate of drug-likeness (QED) is 0.418. The predicted octanol–water partition coefficient (Wildman–Crippen LogP) is 5.36. The molecule has 0 saturated heterocycles. The van der Waals surface area contributed by atoms with Crippen molar-refractivity contribution in [3.05, 3.63) is 77.7 Å². The van der Waals surface area contributed by atoms with Crippen LogP contribution in [0.1, 0.15) is 56.4 Å². The maximum absolute atomic E-state index is 13.5. The number of hydrogen-bond donors (Lipinski definition) is 1. The molecule has 1 amide bonds. The van der Waals surface area contributed by atoms with Crippen LogP contribution in [0.2, 0.25) is 0 Å². The summed E-state index contributed by atoms with van der Waals surface area (Å²) in [4.78, 5) is 13.3. The van der Waals surface area contributed by atoms with E-state index in [1.165, 1.54) is 25.5 Å². The highest BCUT2D eigenvalue weighted by Gasteiger charge is 2.28. The summed E-state index contributed by atoms with van der Waals surface area (Å²) in [6.45, 7) is 7.81. The van der Waals surface area contributed by atoms with E-state index in [9.17, 15) is 13.2 Å². The number of rotatable bonds is 10. The summed E-state index contributed by atoms with van der Waals surface area (Å²) < 4.78 is 38.5. The molecule has 34 heavy (non-hydrogen) atoms. The molecule has 0 radical (unpaired) electrons. The van der Waals surface area contributed by atoms with E-state index in [4.69, 9.17) is 9.15 Å². The van der Waals surface area contributed by atoms with Gasteiger partial charge in [-0.15, -0.1) is 0 Å². The van der Waals surface area contributed by atoms with Crippen molar-refractivity contribution < 1.29 is 22.4 Å². The fourth-order valence-electron chi connectivity index (χ4n) is 3.73. The maximum atomic E-state index is 13.5. The molecule has 0 spiro atoms. The largest absolute Gasteiger partial charge is 0.497 e. The first-order valence-electron chi connectivity index (χ1n) is 11.2. The van der Waals surface area contributed by atoms with Gasteiger partial charge in [0, 0.05) is 5.69 Å². The van der Waals surface area contributed by atoms with Crippen molar-refractivity contribution in [3.8, 4) is 5.75 Å². The molecule has 3 aromatic rings. The number of sulfonamides is 1. The summed E-state index contributed by atoms with van der Waals surface area (Å²) in [5, 5.41) is 3.00. The lowest BCUT2D eigenvalue weighted by molar-refractivity contribution is -0.116. The van der Waals surface area contributed by atoms with Crippen LogP contribution in [-0.4, -0.2) is 32.3 Å². The minimum absolute atomic E-state index is 0.0677. The molecule has 8 heteroatoms. The number of nitrogens with one attached hydrogen (secondary N) is 1. The highest BCUT2D eigenvalue weighted by Crippen LogP contribution is 2.32. The number of carbonyl (C=O) groups is 1. The topological polar surface area (TPSA) is 88.9 Å². The Labute approximate surface area is 201 Å². The molecule has 0 unspecified atom stereocenters. The summed E-state index contributed by atoms with van der Waals surface area (Å²) >= 11 is 0. The Bertz CT molecular complexity index is 1170. The minimum atomic E-state index is -3.99. The van der Waals surface area contributed by atoms with E-state index < -0.39 is 15.9 Å². The normalized spacial score (nSPS) is 11.9. The van der Waals surface area contributed by atoms with Gasteiger partial charge >= 0.3 is 0 Å². The van der Waals surface area contributed by atoms with Crippen LogP contribution in [0, 0.1) is 0 Å². The molecular weight excluding hydrogens is 452 g/mol. The van der Waals surface area contributed by atoms with Gasteiger partial charge in [0.15, 0.2) is 0 Å². The summed E-state index contributed by atoms with van der Waals surface area (Å²) in [5.74, 6) is 0.947. The monoisotopic (exact) mass is 484 g/mol. The van der Waals surface area contributed by atoms with Crippen LogP contribution in [0.4, 0.5) is 5.69 Å². The van der Waals surface area contributed by atoms with Crippen molar-refractivity contribution in [2.45, 2.75) is 51.0 Å². The zero-order chi connectivity index (χ0) is 24.9. The highest BCUT2D eigenvalue weighted by atomic mass is 32.2. The second kappa shape index (κ2) is 10.9. The third kappa shape index (κ3) is 5.87. The van der Waals surface area contributed by atoms with Crippen molar-refractivity contribution in [3.63, 3.8) is 0 Å². The first-order chi connectivity index (χ1) is 16.1. The number of furan rings is 1. The SMILES string of the molecule is COc1ccc(S(=O)(=O)N(CC(=O)Nc2c(C(C)C)cccc2C(C)C)Cc2ccco2)cc1. The van der Waals surface area contributed by atoms with Gasteiger partial charge in [-0.25, -0.2) is 8.42 Å². The van der Waals surface area contributed by atoms with Crippen LogP contribution >= 0.6 is 0 Å². The van der Waals surface area contributed by atoms with Crippen LogP contribution in [0.3, 0.4) is 0 Å². The standard InChI is InChI=1S/C26H32N2O5S/c1-18(2)23-9-6-10-24(19(3)4)26(23)27-25(29)17-28(16-21-8-7-15-33-21)34(30,31)22-13-11-20(32-5)12-14-22/h6-15,18-19H,16-17H2,1-5H3,(H,27,29).